The maximum Gasteiger partial charge on any atom is 0.272 e. The predicted octanol–water partition coefficient (Wildman–Crippen LogP) is 3.03. The van der Waals surface area contributed by atoms with Crippen LogP contribution in [0.2, 0.25) is 0 Å². The zero-order chi connectivity index (χ0) is 14.4. The Kier molecular flexibility index (Phi) is 4.44. The van der Waals surface area contributed by atoms with Crippen molar-refractivity contribution in [2.75, 3.05) is 6.61 Å². The van der Waals surface area contributed by atoms with Crippen LogP contribution in [-0.4, -0.2) is 17.8 Å². The summed E-state index contributed by atoms with van der Waals surface area (Å²) in [6.45, 7) is 0.274. The van der Waals surface area contributed by atoms with Gasteiger partial charge < -0.3 is 4.74 Å². The molecule has 5 nitrogen and oxygen atoms in total. The molecule has 0 aliphatic rings. The van der Waals surface area contributed by atoms with Crippen LogP contribution in [0.5, 0.6) is 5.75 Å². The molecule has 0 amide bonds. The lowest BCUT2D eigenvalue weighted by atomic mass is 10.1. The van der Waals surface area contributed by atoms with Gasteiger partial charge in [0.15, 0.2) is 6.29 Å². The average Bonchev–Trinajstić information content (AvgIpc) is 2.48. The Balaban J connectivity index is 2.03. The van der Waals surface area contributed by atoms with E-state index in [1.165, 1.54) is 6.07 Å². The van der Waals surface area contributed by atoms with Crippen LogP contribution in [0.25, 0.3) is 0 Å². The highest BCUT2D eigenvalue weighted by atomic mass is 16.6. The smallest absolute Gasteiger partial charge is 0.272 e. The molecule has 2 aromatic rings. The molecule has 0 aliphatic carbocycles. The molecule has 0 saturated carbocycles. The van der Waals surface area contributed by atoms with Gasteiger partial charge in [0.25, 0.3) is 5.69 Å². The van der Waals surface area contributed by atoms with Crippen molar-refractivity contribution in [2.45, 2.75) is 6.42 Å². The molecule has 0 aromatic heterocycles. The van der Waals surface area contributed by atoms with Gasteiger partial charge in [0, 0.05) is 18.1 Å². The summed E-state index contributed by atoms with van der Waals surface area (Å²) >= 11 is 0. The van der Waals surface area contributed by atoms with Gasteiger partial charge in [-0.25, -0.2) is 0 Å². The van der Waals surface area contributed by atoms with Crippen LogP contribution in [0.1, 0.15) is 15.9 Å². The number of para-hydroxylation sites is 2. The van der Waals surface area contributed by atoms with Crippen LogP contribution in [0.15, 0.2) is 48.5 Å². The first-order valence-corrected chi connectivity index (χ1v) is 6.11. The molecular weight excluding hydrogens is 258 g/mol. The fraction of sp³-hybridized carbons (Fsp3) is 0.133. The topological polar surface area (TPSA) is 69.4 Å². The summed E-state index contributed by atoms with van der Waals surface area (Å²) in [6, 6.07) is 13.4. The normalized spacial score (nSPS) is 10.0. The van der Waals surface area contributed by atoms with E-state index in [2.05, 4.69) is 0 Å². The number of nitro groups is 1. The first kappa shape index (κ1) is 13.7. The fourth-order valence-corrected chi connectivity index (χ4v) is 1.88. The third kappa shape index (κ3) is 3.20. The Morgan fingerprint density at radius 3 is 2.55 bits per heavy atom. The average molecular weight is 271 g/mol. The second-order valence-corrected chi connectivity index (χ2v) is 4.14. The number of rotatable bonds is 6. The highest BCUT2D eigenvalue weighted by Crippen LogP contribution is 2.20. The molecule has 102 valence electrons. The Bertz CT molecular complexity index is 625. The molecule has 0 spiro atoms. The molecule has 0 heterocycles. The third-order valence-corrected chi connectivity index (χ3v) is 2.86. The van der Waals surface area contributed by atoms with Gasteiger partial charge in [-0.1, -0.05) is 30.3 Å². The SMILES string of the molecule is O=Cc1ccccc1OCCc1ccccc1[N+](=O)[O-]. The number of ether oxygens (including phenoxy) is 1. The Labute approximate surface area is 116 Å². The largest absolute Gasteiger partial charge is 0.492 e. The van der Waals surface area contributed by atoms with Gasteiger partial charge in [0.2, 0.25) is 0 Å². The molecule has 0 saturated heterocycles. The maximum absolute atomic E-state index is 10.9. The predicted molar refractivity (Wildman–Crippen MR) is 74.1 cm³/mol. The Morgan fingerprint density at radius 1 is 1.10 bits per heavy atom. The summed E-state index contributed by atoms with van der Waals surface area (Å²) in [7, 11) is 0. The van der Waals surface area contributed by atoms with Crippen LogP contribution in [0.3, 0.4) is 0 Å². The van der Waals surface area contributed by atoms with Crippen molar-refractivity contribution in [3.8, 4) is 5.75 Å². The minimum Gasteiger partial charge on any atom is -0.492 e. The van der Waals surface area contributed by atoms with Crippen molar-refractivity contribution in [3.63, 3.8) is 0 Å². The number of hydrogen-bond acceptors (Lipinski definition) is 4. The highest BCUT2D eigenvalue weighted by Gasteiger charge is 2.12. The van der Waals surface area contributed by atoms with E-state index in [-0.39, 0.29) is 12.3 Å². The van der Waals surface area contributed by atoms with Crippen LogP contribution in [0, 0.1) is 10.1 Å². The molecular formula is C15H13NO4. The van der Waals surface area contributed by atoms with Gasteiger partial charge >= 0.3 is 0 Å². The van der Waals surface area contributed by atoms with Crippen molar-refractivity contribution in [1.29, 1.82) is 0 Å². The quantitative estimate of drug-likeness (QED) is 0.460. The number of hydrogen-bond donors (Lipinski definition) is 0. The molecule has 0 unspecified atom stereocenters. The summed E-state index contributed by atoms with van der Waals surface area (Å²) in [5.74, 6) is 0.487. The molecule has 0 N–H and O–H groups in total. The van der Waals surface area contributed by atoms with Crippen molar-refractivity contribution in [2.24, 2.45) is 0 Å². The molecule has 0 aliphatic heterocycles. The number of aldehydes is 1. The van der Waals surface area contributed by atoms with Gasteiger partial charge in [-0.3, -0.25) is 14.9 Å². The van der Waals surface area contributed by atoms with E-state index >= 15 is 0 Å². The summed E-state index contributed by atoms with van der Waals surface area (Å²) in [5.41, 5.74) is 1.16. The van der Waals surface area contributed by atoms with Crippen molar-refractivity contribution < 1.29 is 14.5 Å². The standard InChI is InChI=1S/C15H13NO4/c17-11-13-6-2-4-8-15(13)20-10-9-12-5-1-3-7-14(12)16(18)19/h1-8,11H,9-10H2. The second kappa shape index (κ2) is 6.47. The zero-order valence-corrected chi connectivity index (χ0v) is 10.7. The maximum atomic E-state index is 10.9. The van der Waals surface area contributed by atoms with Gasteiger partial charge in [-0.2, -0.15) is 0 Å². The van der Waals surface area contributed by atoms with Crippen LogP contribution in [0.4, 0.5) is 5.69 Å². The van der Waals surface area contributed by atoms with Crippen LogP contribution in [-0.2, 0) is 6.42 Å². The van der Waals surface area contributed by atoms with Crippen molar-refractivity contribution in [3.05, 3.63) is 69.8 Å². The third-order valence-electron chi connectivity index (χ3n) is 2.86. The second-order valence-electron chi connectivity index (χ2n) is 4.14. The molecule has 2 aromatic carbocycles. The molecule has 0 atom stereocenters. The monoisotopic (exact) mass is 271 g/mol. The van der Waals surface area contributed by atoms with E-state index in [0.29, 0.717) is 23.3 Å². The summed E-state index contributed by atoms with van der Waals surface area (Å²) in [6.07, 6.45) is 1.13. The molecule has 5 heteroatoms. The summed E-state index contributed by atoms with van der Waals surface area (Å²) in [5, 5.41) is 10.9. The van der Waals surface area contributed by atoms with Crippen LogP contribution < -0.4 is 4.74 Å². The van der Waals surface area contributed by atoms with E-state index in [9.17, 15) is 14.9 Å². The number of nitrogens with zero attached hydrogens (tertiary/aromatic N) is 1. The molecule has 20 heavy (non-hydrogen) atoms. The van der Waals surface area contributed by atoms with E-state index in [4.69, 9.17) is 4.74 Å². The molecule has 0 bridgehead atoms. The van der Waals surface area contributed by atoms with E-state index in [1.807, 2.05) is 0 Å². The Morgan fingerprint density at radius 2 is 1.80 bits per heavy atom. The number of carbonyl (C=O) groups is 1. The summed E-state index contributed by atoms with van der Waals surface area (Å²) in [4.78, 5) is 21.3. The zero-order valence-electron chi connectivity index (χ0n) is 10.7. The lowest BCUT2D eigenvalue weighted by molar-refractivity contribution is -0.385. The lowest BCUT2D eigenvalue weighted by Crippen LogP contribution is -2.05. The minimum absolute atomic E-state index is 0.0831. The fourth-order valence-electron chi connectivity index (χ4n) is 1.88. The minimum atomic E-state index is -0.408. The number of carbonyl (C=O) groups excluding carboxylic acids is 1. The lowest BCUT2D eigenvalue weighted by Gasteiger charge is -2.08. The number of nitro benzene ring substituents is 1. The van der Waals surface area contributed by atoms with Gasteiger partial charge in [-0.05, 0) is 12.1 Å². The van der Waals surface area contributed by atoms with E-state index in [0.717, 1.165) is 6.29 Å². The molecule has 0 radical (unpaired) electrons. The summed E-state index contributed by atoms with van der Waals surface area (Å²) < 4.78 is 5.51. The van der Waals surface area contributed by atoms with Crippen LogP contribution >= 0.6 is 0 Å². The molecule has 2 rings (SSSR count). The van der Waals surface area contributed by atoms with Gasteiger partial charge in [-0.15, -0.1) is 0 Å². The van der Waals surface area contributed by atoms with Crippen molar-refractivity contribution in [1.82, 2.24) is 0 Å². The first-order chi connectivity index (χ1) is 9.72. The van der Waals surface area contributed by atoms with Gasteiger partial charge in [0.05, 0.1) is 17.1 Å². The Hall–Kier alpha value is -2.69. The number of benzene rings is 2. The molecule has 0 fully saturated rings. The van der Waals surface area contributed by atoms with Crippen molar-refractivity contribution >= 4 is 12.0 Å². The van der Waals surface area contributed by atoms with Gasteiger partial charge in [0.1, 0.15) is 5.75 Å². The van der Waals surface area contributed by atoms with E-state index in [1.54, 1.807) is 42.5 Å². The first-order valence-electron chi connectivity index (χ1n) is 6.11. The highest BCUT2D eigenvalue weighted by molar-refractivity contribution is 5.79. The van der Waals surface area contributed by atoms with E-state index < -0.39 is 4.92 Å².